The Labute approximate surface area is 176 Å². The fourth-order valence-corrected chi connectivity index (χ4v) is 3.16. The first-order valence-corrected chi connectivity index (χ1v) is 10.4. The van der Waals surface area contributed by atoms with Gasteiger partial charge in [-0.3, -0.25) is 0 Å². The van der Waals surface area contributed by atoms with Gasteiger partial charge in [-0.2, -0.15) is 4.57 Å². The lowest BCUT2D eigenvalue weighted by molar-refractivity contribution is -2.00. The van der Waals surface area contributed by atoms with Crippen LogP contribution >= 0.6 is 0 Å². The number of hydrogen-bond donors (Lipinski definition) is 1. The van der Waals surface area contributed by atoms with Gasteiger partial charge in [0.15, 0.2) is 0 Å². The standard InChI is InChI=1S/C22H20N3.ClHO4/c1-2-20-15-19(17-9-5-3-6-10-17)16-21(18-11-7-4-8-12-18)25(20)22-23-13-14-24-22;2-1(3,4)5/h3-16H,2H2,1H3,(H,23,24);(H,2,3,4,5)/q+1;/p-1. The monoisotopic (exact) mass is 425 g/mol. The fourth-order valence-electron chi connectivity index (χ4n) is 3.16. The summed E-state index contributed by atoms with van der Waals surface area (Å²) in [5.74, 6) is 0.843. The van der Waals surface area contributed by atoms with E-state index in [2.05, 4.69) is 82.1 Å². The van der Waals surface area contributed by atoms with Crippen molar-refractivity contribution in [3.05, 3.63) is 90.9 Å². The Balaban J connectivity index is 0.000000461. The van der Waals surface area contributed by atoms with Gasteiger partial charge in [0, 0.05) is 5.56 Å². The summed E-state index contributed by atoms with van der Waals surface area (Å²) in [5, 5.41) is 0. The summed E-state index contributed by atoms with van der Waals surface area (Å²) in [6, 6.07) is 25.5. The molecule has 8 heteroatoms. The van der Waals surface area contributed by atoms with Crippen LogP contribution in [0.15, 0.2) is 85.2 Å². The average Bonchev–Trinajstić information content (AvgIpc) is 3.27. The number of nitrogens with one attached hydrogen (secondary N) is 1. The average molecular weight is 426 g/mol. The number of H-pyrrole nitrogens is 1. The quantitative estimate of drug-likeness (QED) is 0.454. The third kappa shape index (κ3) is 5.73. The van der Waals surface area contributed by atoms with E-state index in [1.807, 2.05) is 18.3 Å². The molecule has 0 unspecified atom stereocenters. The van der Waals surface area contributed by atoms with E-state index in [9.17, 15) is 0 Å². The van der Waals surface area contributed by atoms with Crippen LogP contribution in [0.2, 0.25) is 0 Å². The minimum absolute atomic E-state index is 0.843. The lowest BCUT2D eigenvalue weighted by atomic mass is 10.0. The predicted octanol–water partition coefficient (Wildman–Crippen LogP) is -0.173. The highest BCUT2D eigenvalue weighted by atomic mass is 35.7. The van der Waals surface area contributed by atoms with Gasteiger partial charge in [-0.15, -0.1) is 10.2 Å². The maximum absolute atomic E-state index is 8.49. The van der Waals surface area contributed by atoms with E-state index in [0.29, 0.717) is 0 Å². The molecule has 0 saturated carbocycles. The summed E-state index contributed by atoms with van der Waals surface area (Å²) in [6.45, 7) is 2.18. The van der Waals surface area contributed by atoms with Crippen molar-refractivity contribution in [3.8, 4) is 28.3 Å². The van der Waals surface area contributed by atoms with Gasteiger partial charge in [0.2, 0.25) is 0 Å². The molecule has 0 atom stereocenters. The SMILES string of the molecule is CCc1cc(-c2ccccc2)cc(-c2ccccc2)[n+]1-c1ncc[nH]1.[O-][Cl+3]([O-])([O-])[O-]. The summed E-state index contributed by atoms with van der Waals surface area (Å²) >= 11 is 0. The smallest absolute Gasteiger partial charge is 0.245 e. The zero-order valence-corrected chi connectivity index (χ0v) is 17.0. The van der Waals surface area contributed by atoms with Crippen LogP contribution in [0.1, 0.15) is 12.6 Å². The van der Waals surface area contributed by atoms with Crippen LogP contribution in [0.3, 0.4) is 0 Å². The summed E-state index contributed by atoms with van der Waals surface area (Å²) in [5.41, 5.74) is 5.97. The highest BCUT2D eigenvalue weighted by Crippen LogP contribution is 2.26. The van der Waals surface area contributed by atoms with Gasteiger partial charge in [0.25, 0.3) is 0 Å². The molecule has 30 heavy (non-hydrogen) atoms. The molecular weight excluding hydrogens is 406 g/mol. The second-order valence-electron chi connectivity index (χ2n) is 6.33. The molecular formula is C22H20ClN3O4. The molecule has 0 aliphatic rings. The summed E-state index contributed by atoms with van der Waals surface area (Å²) in [6.07, 6.45) is 4.57. The number of halogens is 1. The Morgan fingerprint density at radius 1 is 0.833 bits per heavy atom. The molecule has 0 spiro atoms. The molecule has 0 radical (unpaired) electrons. The number of pyridine rings is 1. The van der Waals surface area contributed by atoms with Gasteiger partial charge in [0.05, 0.1) is 11.9 Å². The number of aromatic nitrogens is 3. The van der Waals surface area contributed by atoms with Crippen LogP contribution in [0.25, 0.3) is 28.3 Å². The summed E-state index contributed by atoms with van der Waals surface area (Å²) in [7, 11) is -4.94. The van der Waals surface area contributed by atoms with Crippen molar-refractivity contribution in [2.24, 2.45) is 0 Å². The number of aryl methyl sites for hydroxylation is 1. The maximum Gasteiger partial charge on any atom is 0.401 e. The van der Waals surface area contributed by atoms with Crippen molar-refractivity contribution in [2.75, 3.05) is 0 Å². The first kappa shape index (κ1) is 21.6. The summed E-state index contributed by atoms with van der Waals surface area (Å²) < 4.78 is 36.2. The Hall–Kier alpha value is -3.07. The van der Waals surface area contributed by atoms with E-state index in [1.165, 1.54) is 22.4 Å². The lowest BCUT2D eigenvalue weighted by Gasteiger charge is -2.17. The number of rotatable bonds is 4. The lowest BCUT2D eigenvalue weighted by Crippen LogP contribution is -2.68. The van der Waals surface area contributed by atoms with Gasteiger partial charge >= 0.3 is 5.95 Å². The number of aromatic amines is 1. The van der Waals surface area contributed by atoms with E-state index in [1.54, 1.807) is 6.20 Å². The number of benzene rings is 2. The molecule has 7 nitrogen and oxygen atoms in total. The highest BCUT2D eigenvalue weighted by molar-refractivity contribution is 5.69. The van der Waals surface area contributed by atoms with Gasteiger partial charge in [-0.1, -0.05) is 72.6 Å². The topological polar surface area (TPSA) is 125 Å². The molecule has 4 rings (SSSR count). The number of hydrogen-bond acceptors (Lipinski definition) is 5. The Kier molecular flexibility index (Phi) is 6.94. The zero-order valence-electron chi connectivity index (χ0n) is 16.2. The van der Waals surface area contributed by atoms with Crippen LogP contribution in [0.5, 0.6) is 0 Å². The Morgan fingerprint density at radius 2 is 1.40 bits per heavy atom. The van der Waals surface area contributed by atoms with Crippen LogP contribution in [0, 0.1) is 10.2 Å². The molecule has 0 bridgehead atoms. The van der Waals surface area contributed by atoms with Crippen molar-refractivity contribution in [3.63, 3.8) is 0 Å². The third-order valence-corrected chi connectivity index (χ3v) is 4.38. The number of nitrogens with zero attached hydrogens (tertiary/aromatic N) is 2. The molecule has 2 heterocycles. The van der Waals surface area contributed by atoms with Crippen molar-refractivity contribution in [1.82, 2.24) is 9.97 Å². The maximum atomic E-state index is 8.49. The number of imidazole rings is 1. The van der Waals surface area contributed by atoms with Crippen LogP contribution < -0.4 is 23.2 Å². The zero-order chi connectivity index (χ0) is 21.6. The molecule has 4 aromatic rings. The molecule has 154 valence electrons. The van der Waals surface area contributed by atoms with E-state index in [0.717, 1.165) is 18.1 Å². The largest absolute Gasteiger partial charge is 0.401 e. The van der Waals surface area contributed by atoms with E-state index >= 15 is 0 Å². The van der Waals surface area contributed by atoms with Crippen LogP contribution in [-0.4, -0.2) is 9.97 Å². The fraction of sp³-hybridized carbons (Fsp3) is 0.0909. The van der Waals surface area contributed by atoms with E-state index < -0.39 is 10.2 Å². The molecule has 0 saturated heterocycles. The van der Waals surface area contributed by atoms with Crippen molar-refractivity contribution in [2.45, 2.75) is 13.3 Å². The molecule has 0 aliphatic heterocycles. The van der Waals surface area contributed by atoms with E-state index in [4.69, 9.17) is 18.6 Å². The normalized spacial score (nSPS) is 11.0. The Morgan fingerprint density at radius 3 is 1.90 bits per heavy atom. The second-order valence-corrected chi connectivity index (χ2v) is 7.09. The second kappa shape index (κ2) is 9.62. The first-order chi connectivity index (χ1) is 14.4. The third-order valence-electron chi connectivity index (χ3n) is 4.38. The summed E-state index contributed by atoms with van der Waals surface area (Å²) in [4.78, 5) is 7.74. The van der Waals surface area contributed by atoms with Gasteiger partial charge < -0.3 is 0 Å². The molecule has 1 N–H and O–H groups in total. The van der Waals surface area contributed by atoms with Crippen molar-refractivity contribution < 1.29 is 33.4 Å². The Bertz CT molecular complexity index is 1060. The van der Waals surface area contributed by atoms with E-state index in [-0.39, 0.29) is 0 Å². The van der Waals surface area contributed by atoms with Gasteiger partial charge in [-0.25, -0.2) is 23.6 Å². The first-order valence-electron chi connectivity index (χ1n) is 9.18. The molecule has 2 aromatic heterocycles. The molecule has 0 fully saturated rings. The van der Waals surface area contributed by atoms with Crippen molar-refractivity contribution in [1.29, 1.82) is 0 Å². The van der Waals surface area contributed by atoms with Crippen LogP contribution in [0.4, 0.5) is 0 Å². The predicted molar refractivity (Wildman–Crippen MR) is 100 cm³/mol. The minimum Gasteiger partial charge on any atom is -0.245 e. The van der Waals surface area contributed by atoms with Gasteiger partial charge in [0.1, 0.15) is 11.9 Å². The van der Waals surface area contributed by atoms with Crippen molar-refractivity contribution >= 4 is 0 Å². The molecule has 0 aliphatic carbocycles. The minimum atomic E-state index is -4.94. The highest BCUT2D eigenvalue weighted by Gasteiger charge is 2.20. The van der Waals surface area contributed by atoms with Gasteiger partial charge in [-0.05, 0) is 29.7 Å². The molecule has 0 amide bonds. The van der Waals surface area contributed by atoms with Crippen LogP contribution in [-0.2, 0) is 6.42 Å². The molecule has 2 aromatic carbocycles.